The molecule has 1 fully saturated rings. The van der Waals surface area contributed by atoms with Crippen LogP contribution in [-0.4, -0.2) is 37.1 Å². The minimum absolute atomic E-state index is 0.145. The Kier molecular flexibility index (Phi) is 8.81. The van der Waals surface area contributed by atoms with Crippen molar-refractivity contribution in [2.45, 2.75) is 51.9 Å². The number of carbonyl (C=O) groups excluding carboxylic acids is 2. The normalized spacial score (nSPS) is 14.9. The summed E-state index contributed by atoms with van der Waals surface area (Å²) in [5.41, 5.74) is 0.639. The third-order valence-corrected chi connectivity index (χ3v) is 4.59. The Morgan fingerprint density at radius 1 is 1.22 bits per heavy atom. The molecule has 6 heteroatoms. The summed E-state index contributed by atoms with van der Waals surface area (Å²) in [6.45, 7) is 2.53. The highest BCUT2D eigenvalue weighted by Crippen LogP contribution is 2.28. The molecule has 148 valence electrons. The van der Waals surface area contributed by atoms with Crippen LogP contribution in [0.25, 0.3) is 6.08 Å². The van der Waals surface area contributed by atoms with Crippen molar-refractivity contribution in [3.63, 3.8) is 0 Å². The van der Waals surface area contributed by atoms with E-state index in [1.54, 1.807) is 38.4 Å². The number of methoxy groups -OCH3 is 1. The molecule has 0 amide bonds. The number of pyridine rings is 1. The van der Waals surface area contributed by atoms with Gasteiger partial charge in [0, 0.05) is 18.4 Å². The summed E-state index contributed by atoms with van der Waals surface area (Å²) in [7, 11) is 1.55. The Balaban J connectivity index is 1.92. The number of rotatable bonds is 10. The van der Waals surface area contributed by atoms with Gasteiger partial charge in [0.05, 0.1) is 32.2 Å². The smallest absolute Gasteiger partial charge is 0.305 e. The van der Waals surface area contributed by atoms with Crippen molar-refractivity contribution in [2.75, 3.05) is 20.3 Å². The number of carbonyl (C=O) groups is 2. The highest BCUT2D eigenvalue weighted by Gasteiger charge is 2.18. The van der Waals surface area contributed by atoms with Gasteiger partial charge < -0.3 is 14.2 Å². The molecule has 0 spiro atoms. The summed E-state index contributed by atoms with van der Waals surface area (Å²) in [6.07, 6.45) is 11.2. The molecule has 1 aromatic rings. The largest absolute Gasteiger partial charge is 0.491 e. The number of aromatic nitrogens is 1. The minimum atomic E-state index is -0.229. The van der Waals surface area contributed by atoms with Crippen molar-refractivity contribution in [1.82, 2.24) is 4.98 Å². The van der Waals surface area contributed by atoms with E-state index < -0.39 is 0 Å². The number of allylic oxidation sites excluding steroid dienone is 1. The molecule has 0 radical (unpaired) electrons. The van der Waals surface area contributed by atoms with Crippen molar-refractivity contribution in [1.29, 1.82) is 0 Å². The van der Waals surface area contributed by atoms with Gasteiger partial charge in [-0.25, -0.2) is 0 Å². The lowest BCUT2D eigenvalue weighted by Gasteiger charge is -2.18. The van der Waals surface area contributed by atoms with Crippen LogP contribution in [0.5, 0.6) is 11.5 Å². The van der Waals surface area contributed by atoms with Gasteiger partial charge in [0.25, 0.3) is 0 Å². The first-order valence-electron chi connectivity index (χ1n) is 9.68. The molecule has 2 rings (SSSR count). The Morgan fingerprint density at radius 2 is 2.00 bits per heavy atom. The highest BCUT2D eigenvalue weighted by molar-refractivity contribution is 5.95. The van der Waals surface area contributed by atoms with Crippen LogP contribution in [0.3, 0.4) is 0 Å². The van der Waals surface area contributed by atoms with Gasteiger partial charge in [0.2, 0.25) is 0 Å². The fourth-order valence-corrected chi connectivity index (χ4v) is 3.12. The molecule has 1 aromatic heterocycles. The van der Waals surface area contributed by atoms with Crippen LogP contribution in [0.4, 0.5) is 0 Å². The van der Waals surface area contributed by atoms with Crippen molar-refractivity contribution in [2.24, 2.45) is 5.92 Å². The van der Waals surface area contributed by atoms with Crippen LogP contribution in [0.15, 0.2) is 18.3 Å². The fraction of sp³-hybridized carbons (Fsp3) is 0.571. The van der Waals surface area contributed by atoms with E-state index in [-0.39, 0.29) is 17.7 Å². The van der Waals surface area contributed by atoms with Gasteiger partial charge in [-0.05, 0) is 38.3 Å². The average Bonchev–Trinajstić information content (AvgIpc) is 2.70. The molecule has 0 unspecified atom stereocenters. The van der Waals surface area contributed by atoms with Crippen LogP contribution in [-0.2, 0) is 14.3 Å². The van der Waals surface area contributed by atoms with Gasteiger partial charge in [-0.2, -0.15) is 0 Å². The standard InChI is InChI=1S/C21H29NO5/c1-3-26-21(24)10-7-13-27-19-14-17(22-15-20(19)25-2)11-12-18(23)16-8-5-4-6-9-16/h11-12,14-16H,3-10,13H2,1-2H3/b12-11+. The van der Waals surface area contributed by atoms with Crippen LogP contribution >= 0.6 is 0 Å². The van der Waals surface area contributed by atoms with Gasteiger partial charge in [0.1, 0.15) is 0 Å². The van der Waals surface area contributed by atoms with Crippen LogP contribution in [0, 0.1) is 5.92 Å². The third kappa shape index (κ3) is 7.04. The summed E-state index contributed by atoms with van der Waals surface area (Å²) in [6, 6.07) is 1.74. The number of ether oxygens (including phenoxy) is 3. The maximum Gasteiger partial charge on any atom is 0.305 e. The molecule has 0 atom stereocenters. The van der Waals surface area contributed by atoms with Gasteiger partial charge in [-0.15, -0.1) is 0 Å². The Labute approximate surface area is 160 Å². The molecule has 1 saturated carbocycles. The van der Waals surface area contributed by atoms with E-state index in [2.05, 4.69) is 4.98 Å². The monoisotopic (exact) mass is 375 g/mol. The highest BCUT2D eigenvalue weighted by atomic mass is 16.5. The maximum absolute atomic E-state index is 12.3. The number of hydrogen-bond acceptors (Lipinski definition) is 6. The third-order valence-electron chi connectivity index (χ3n) is 4.59. The summed E-state index contributed by atoms with van der Waals surface area (Å²) >= 11 is 0. The van der Waals surface area contributed by atoms with E-state index >= 15 is 0 Å². The minimum Gasteiger partial charge on any atom is -0.491 e. The predicted molar refractivity (Wildman–Crippen MR) is 103 cm³/mol. The zero-order valence-corrected chi connectivity index (χ0v) is 16.2. The van der Waals surface area contributed by atoms with E-state index in [0.29, 0.717) is 43.2 Å². The first kappa shape index (κ1) is 20.9. The lowest BCUT2D eigenvalue weighted by atomic mass is 9.86. The predicted octanol–water partition coefficient (Wildman–Crippen LogP) is 3.97. The zero-order chi connectivity index (χ0) is 19.5. The summed E-state index contributed by atoms with van der Waals surface area (Å²) in [5.74, 6) is 1.15. The van der Waals surface area contributed by atoms with E-state index in [1.165, 1.54) is 6.42 Å². The van der Waals surface area contributed by atoms with E-state index in [0.717, 1.165) is 25.7 Å². The summed E-state index contributed by atoms with van der Waals surface area (Å²) in [5, 5.41) is 0. The molecule has 0 bridgehead atoms. The molecule has 1 aliphatic carbocycles. The van der Waals surface area contributed by atoms with E-state index in [4.69, 9.17) is 14.2 Å². The molecule has 1 aliphatic rings. The van der Waals surface area contributed by atoms with Crippen molar-refractivity contribution < 1.29 is 23.8 Å². The van der Waals surface area contributed by atoms with E-state index in [1.807, 2.05) is 0 Å². The molecule has 0 aromatic carbocycles. The molecule has 0 saturated heterocycles. The molecular formula is C21H29NO5. The van der Waals surface area contributed by atoms with E-state index in [9.17, 15) is 9.59 Å². The average molecular weight is 375 g/mol. The second-order valence-corrected chi connectivity index (χ2v) is 6.59. The molecule has 0 aliphatic heterocycles. The van der Waals surface area contributed by atoms with Crippen molar-refractivity contribution >= 4 is 17.8 Å². The summed E-state index contributed by atoms with van der Waals surface area (Å²) < 4.78 is 15.9. The zero-order valence-electron chi connectivity index (χ0n) is 16.2. The van der Waals surface area contributed by atoms with Crippen LogP contribution in [0.1, 0.15) is 57.6 Å². The SMILES string of the molecule is CCOC(=O)CCCOc1cc(/C=C/C(=O)C2CCCCC2)ncc1OC. The Bertz CT molecular complexity index is 650. The Hall–Kier alpha value is -2.37. The lowest BCUT2D eigenvalue weighted by molar-refractivity contribution is -0.143. The molecule has 27 heavy (non-hydrogen) atoms. The van der Waals surface area contributed by atoms with Crippen LogP contribution < -0.4 is 9.47 Å². The number of nitrogens with zero attached hydrogens (tertiary/aromatic N) is 1. The van der Waals surface area contributed by atoms with Gasteiger partial charge >= 0.3 is 5.97 Å². The van der Waals surface area contributed by atoms with Gasteiger partial charge in [0.15, 0.2) is 17.3 Å². The number of ketones is 1. The van der Waals surface area contributed by atoms with Crippen molar-refractivity contribution in [3.05, 3.63) is 24.0 Å². The number of hydrogen-bond donors (Lipinski definition) is 0. The summed E-state index contributed by atoms with van der Waals surface area (Å²) in [4.78, 5) is 27.9. The fourth-order valence-electron chi connectivity index (χ4n) is 3.12. The molecule has 0 N–H and O–H groups in total. The molecule has 1 heterocycles. The number of esters is 1. The van der Waals surface area contributed by atoms with Gasteiger partial charge in [-0.1, -0.05) is 19.3 Å². The first-order valence-corrected chi connectivity index (χ1v) is 9.68. The molecular weight excluding hydrogens is 346 g/mol. The lowest BCUT2D eigenvalue weighted by Crippen LogP contribution is -2.15. The van der Waals surface area contributed by atoms with Gasteiger partial charge in [-0.3, -0.25) is 14.6 Å². The second kappa shape index (κ2) is 11.4. The first-order chi connectivity index (χ1) is 13.1. The topological polar surface area (TPSA) is 74.7 Å². The maximum atomic E-state index is 12.3. The quantitative estimate of drug-likeness (QED) is 0.350. The Morgan fingerprint density at radius 3 is 2.70 bits per heavy atom. The molecule has 6 nitrogen and oxygen atoms in total. The van der Waals surface area contributed by atoms with Crippen LogP contribution in [0.2, 0.25) is 0 Å². The van der Waals surface area contributed by atoms with Crippen molar-refractivity contribution in [3.8, 4) is 11.5 Å². The second-order valence-electron chi connectivity index (χ2n) is 6.59.